The average Bonchev–Trinajstić information content (AvgIpc) is 2.29. The van der Waals surface area contributed by atoms with Crippen molar-refractivity contribution in [3.05, 3.63) is 16.4 Å². The van der Waals surface area contributed by atoms with Gasteiger partial charge in [0.15, 0.2) is 0 Å². The third-order valence-corrected chi connectivity index (χ3v) is 2.61. The first-order valence-electron chi connectivity index (χ1n) is 4.00. The minimum atomic E-state index is 0.503. The van der Waals surface area contributed by atoms with Crippen LogP contribution in [0.25, 0.3) is 0 Å². The highest BCUT2D eigenvalue weighted by molar-refractivity contribution is 7.80. The number of aryl methyl sites for hydroxylation is 2. The number of rotatable bonds is 3. The molecule has 1 aromatic heterocycles. The van der Waals surface area contributed by atoms with Gasteiger partial charge in [0.25, 0.3) is 0 Å². The van der Waals surface area contributed by atoms with E-state index in [1.165, 1.54) is 0 Å². The first-order chi connectivity index (χ1) is 6.02. The summed E-state index contributed by atoms with van der Waals surface area (Å²) in [6, 6.07) is 0. The highest BCUT2D eigenvalue weighted by Crippen LogP contribution is 2.18. The van der Waals surface area contributed by atoms with Crippen LogP contribution in [-0.4, -0.2) is 14.8 Å². The van der Waals surface area contributed by atoms with Gasteiger partial charge >= 0.3 is 0 Å². The Morgan fingerprint density at radius 1 is 1.62 bits per heavy atom. The van der Waals surface area contributed by atoms with Crippen LogP contribution < -0.4 is 5.73 Å². The summed E-state index contributed by atoms with van der Waals surface area (Å²) in [5.74, 6) is 0. The number of nitrogens with two attached hydrogens (primary N) is 1. The maximum atomic E-state index is 5.97. The second-order valence-electron chi connectivity index (χ2n) is 2.92. The maximum absolute atomic E-state index is 5.97. The highest BCUT2D eigenvalue weighted by atomic mass is 35.5. The molecule has 0 atom stereocenters. The van der Waals surface area contributed by atoms with Gasteiger partial charge in [0.2, 0.25) is 0 Å². The molecule has 0 bridgehead atoms. The molecular weight excluding hydrogens is 206 g/mol. The molecule has 0 aliphatic carbocycles. The Hall–Kier alpha value is -0.610. The fourth-order valence-corrected chi connectivity index (χ4v) is 1.34. The normalized spacial score (nSPS) is 10.4. The van der Waals surface area contributed by atoms with Crippen LogP contribution in [-0.2, 0) is 6.54 Å². The molecular formula is C8H12ClN3S. The molecule has 0 aromatic carbocycles. The SMILES string of the molecule is Cc1nn(CCC(N)=S)c(C)c1Cl. The predicted octanol–water partition coefficient (Wildman–Crippen LogP) is 1.83. The summed E-state index contributed by atoms with van der Waals surface area (Å²) < 4.78 is 1.83. The summed E-state index contributed by atoms with van der Waals surface area (Å²) in [6.07, 6.45) is 0.660. The van der Waals surface area contributed by atoms with Crippen LogP contribution in [0.3, 0.4) is 0 Å². The molecule has 1 aromatic rings. The van der Waals surface area contributed by atoms with Gasteiger partial charge in [0, 0.05) is 13.0 Å². The van der Waals surface area contributed by atoms with E-state index < -0.39 is 0 Å². The van der Waals surface area contributed by atoms with Crippen LogP contribution in [0, 0.1) is 13.8 Å². The lowest BCUT2D eigenvalue weighted by atomic mass is 10.4. The zero-order valence-electron chi connectivity index (χ0n) is 7.67. The molecule has 0 radical (unpaired) electrons. The average molecular weight is 218 g/mol. The molecule has 0 unspecified atom stereocenters. The molecule has 0 amide bonds. The standard InChI is InChI=1S/C8H12ClN3S/c1-5-8(9)6(2)12(11-5)4-3-7(10)13/h3-4H2,1-2H3,(H2,10,13). The molecule has 5 heteroatoms. The third-order valence-electron chi connectivity index (χ3n) is 1.86. The van der Waals surface area contributed by atoms with Gasteiger partial charge in [-0.05, 0) is 13.8 Å². The minimum absolute atomic E-state index is 0.503. The quantitative estimate of drug-likeness (QED) is 0.786. The van der Waals surface area contributed by atoms with Crippen LogP contribution in [0.5, 0.6) is 0 Å². The van der Waals surface area contributed by atoms with Gasteiger partial charge in [-0.25, -0.2) is 0 Å². The van der Waals surface area contributed by atoms with Gasteiger partial charge in [-0.3, -0.25) is 4.68 Å². The van der Waals surface area contributed by atoms with Crippen molar-refractivity contribution in [3.8, 4) is 0 Å². The van der Waals surface area contributed by atoms with E-state index in [1.807, 2.05) is 18.5 Å². The Bertz CT molecular complexity index is 332. The zero-order valence-corrected chi connectivity index (χ0v) is 9.24. The van der Waals surface area contributed by atoms with Crippen molar-refractivity contribution >= 4 is 28.8 Å². The fourth-order valence-electron chi connectivity index (χ4n) is 1.11. The molecule has 13 heavy (non-hydrogen) atoms. The second-order valence-corrected chi connectivity index (χ2v) is 3.83. The van der Waals surface area contributed by atoms with E-state index in [2.05, 4.69) is 5.10 Å². The Labute approximate surface area is 87.9 Å². The van der Waals surface area contributed by atoms with Crippen LogP contribution in [0.1, 0.15) is 17.8 Å². The van der Waals surface area contributed by atoms with E-state index in [-0.39, 0.29) is 0 Å². The second kappa shape index (κ2) is 4.07. The van der Waals surface area contributed by atoms with E-state index in [1.54, 1.807) is 0 Å². The van der Waals surface area contributed by atoms with Gasteiger partial charge < -0.3 is 5.73 Å². The molecule has 0 fully saturated rings. The monoisotopic (exact) mass is 217 g/mol. The van der Waals surface area contributed by atoms with E-state index >= 15 is 0 Å². The number of nitrogens with zero attached hydrogens (tertiary/aromatic N) is 2. The first-order valence-corrected chi connectivity index (χ1v) is 4.78. The molecule has 2 N–H and O–H groups in total. The molecule has 0 spiro atoms. The van der Waals surface area contributed by atoms with Crippen molar-refractivity contribution in [1.29, 1.82) is 0 Å². The molecule has 1 rings (SSSR count). The van der Waals surface area contributed by atoms with E-state index in [0.717, 1.165) is 16.4 Å². The number of hydrogen-bond acceptors (Lipinski definition) is 2. The molecule has 1 heterocycles. The Balaban J connectivity index is 2.78. The van der Waals surface area contributed by atoms with Crippen LogP contribution in [0.2, 0.25) is 5.02 Å². The van der Waals surface area contributed by atoms with Crippen LogP contribution in [0.4, 0.5) is 0 Å². The summed E-state index contributed by atoms with van der Waals surface area (Å²) >= 11 is 10.7. The number of halogens is 1. The lowest BCUT2D eigenvalue weighted by Crippen LogP contribution is -2.13. The molecule has 0 saturated carbocycles. The molecule has 0 aliphatic rings. The van der Waals surface area contributed by atoms with Gasteiger partial charge in [-0.15, -0.1) is 0 Å². The molecule has 0 saturated heterocycles. The summed E-state index contributed by atoms with van der Waals surface area (Å²) in [7, 11) is 0. The smallest absolute Gasteiger partial charge is 0.0844 e. The van der Waals surface area contributed by atoms with Crippen LogP contribution >= 0.6 is 23.8 Å². The van der Waals surface area contributed by atoms with Gasteiger partial charge in [-0.1, -0.05) is 23.8 Å². The summed E-state index contributed by atoms with van der Waals surface area (Å²) in [6.45, 7) is 4.52. The van der Waals surface area contributed by atoms with Crippen molar-refractivity contribution in [3.63, 3.8) is 0 Å². The number of aromatic nitrogens is 2. The maximum Gasteiger partial charge on any atom is 0.0844 e. The molecule has 72 valence electrons. The van der Waals surface area contributed by atoms with Crippen molar-refractivity contribution in [2.24, 2.45) is 5.73 Å². The highest BCUT2D eigenvalue weighted by Gasteiger charge is 2.08. The van der Waals surface area contributed by atoms with Crippen LogP contribution in [0.15, 0.2) is 0 Å². The Morgan fingerprint density at radius 3 is 2.62 bits per heavy atom. The van der Waals surface area contributed by atoms with Crippen molar-refractivity contribution < 1.29 is 0 Å². The van der Waals surface area contributed by atoms with Gasteiger partial charge in [-0.2, -0.15) is 5.10 Å². The molecule has 0 aliphatic heterocycles. The summed E-state index contributed by atoms with van der Waals surface area (Å²) in [5, 5.41) is 4.98. The van der Waals surface area contributed by atoms with Crippen molar-refractivity contribution in [2.45, 2.75) is 26.8 Å². The lowest BCUT2D eigenvalue weighted by molar-refractivity contribution is 0.612. The largest absolute Gasteiger partial charge is 0.393 e. The van der Waals surface area contributed by atoms with Crippen molar-refractivity contribution in [2.75, 3.05) is 0 Å². The van der Waals surface area contributed by atoms with E-state index in [9.17, 15) is 0 Å². The number of hydrogen-bond donors (Lipinski definition) is 1. The Morgan fingerprint density at radius 2 is 2.23 bits per heavy atom. The van der Waals surface area contributed by atoms with E-state index in [0.29, 0.717) is 18.0 Å². The zero-order chi connectivity index (χ0) is 10.0. The summed E-state index contributed by atoms with van der Waals surface area (Å²) in [4.78, 5) is 0.503. The molecule has 3 nitrogen and oxygen atoms in total. The minimum Gasteiger partial charge on any atom is -0.393 e. The van der Waals surface area contributed by atoms with E-state index in [4.69, 9.17) is 29.6 Å². The predicted molar refractivity (Wildman–Crippen MR) is 58.1 cm³/mol. The third kappa shape index (κ3) is 2.42. The number of thiocarbonyl (C=S) groups is 1. The summed E-state index contributed by atoms with van der Waals surface area (Å²) in [5.41, 5.74) is 7.21. The Kier molecular flexibility index (Phi) is 3.27. The first kappa shape index (κ1) is 10.5. The van der Waals surface area contributed by atoms with Gasteiger partial charge in [0.1, 0.15) is 0 Å². The fraction of sp³-hybridized carbons (Fsp3) is 0.500. The lowest BCUT2D eigenvalue weighted by Gasteiger charge is -2.02. The van der Waals surface area contributed by atoms with Gasteiger partial charge in [0.05, 0.1) is 21.4 Å². The van der Waals surface area contributed by atoms with Crippen molar-refractivity contribution in [1.82, 2.24) is 9.78 Å². The topological polar surface area (TPSA) is 43.8 Å².